The summed E-state index contributed by atoms with van der Waals surface area (Å²) in [6, 6.07) is 0. The summed E-state index contributed by atoms with van der Waals surface area (Å²) in [5.74, 6) is 0.850. The van der Waals surface area contributed by atoms with E-state index in [2.05, 4.69) is 18.8 Å². The van der Waals surface area contributed by atoms with Crippen LogP contribution >= 0.6 is 11.3 Å². The Kier molecular flexibility index (Phi) is 3.12. The first kappa shape index (κ1) is 11.1. The molecule has 2 rings (SSSR count). The molecular formula is C12H20N2S. The van der Waals surface area contributed by atoms with Crippen molar-refractivity contribution >= 4 is 11.3 Å². The molecule has 2 unspecified atom stereocenters. The van der Waals surface area contributed by atoms with Crippen molar-refractivity contribution in [1.29, 1.82) is 0 Å². The van der Waals surface area contributed by atoms with Gasteiger partial charge in [0, 0.05) is 11.1 Å². The van der Waals surface area contributed by atoms with Gasteiger partial charge in [0.1, 0.15) is 0 Å². The van der Waals surface area contributed by atoms with Crippen LogP contribution in [0.4, 0.5) is 0 Å². The van der Waals surface area contributed by atoms with E-state index in [9.17, 15) is 0 Å². The van der Waals surface area contributed by atoms with Crippen LogP contribution in [0.25, 0.3) is 0 Å². The second-order valence-corrected chi connectivity index (χ2v) is 6.39. The van der Waals surface area contributed by atoms with Crippen LogP contribution in [0.15, 0.2) is 6.20 Å². The molecule has 1 aromatic rings. The van der Waals surface area contributed by atoms with Crippen molar-refractivity contribution in [3.63, 3.8) is 0 Å². The Hall–Kier alpha value is -0.410. The number of nitrogens with zero attached hydrogens (tertiary/aromatic N) is 1. The van der Waals surface area contributed by atoms with Gasteiger partial charge < -0.3 is 5.73 Å². The molecule has 3 heteroatoms. The van der Waals surface area contributed by atoms with Crippen LogP contribution in [0, 0.1) is 18.3 Å². The maximum absolute atomic E-state index is 5.97. The minimum absolute atomic E-state index is 0.373. The summed E-state index contributed by atoms with van der Waals surface area (Å²) in [5.41, 5.74) is 6.34. The molecule has 15 heavy (non-hydrogen) atoms. The molecule has 0 amide bonds. The third kappa shape index (κ3) is 2.40. The fraction of sp³-hybridized carbons (Fsp3) is 0.750. The standard InChI is InChI=1S/C12H20N2S/c1-9-3-4-12(5-9,8-13)6-11-7-14-10(2)15-11/h7,9H,3-6,8,13H2,1-2H3. The highest BCUT2D eigenvalue weighted by molar-refractivity contribution is 7.11. The second kappa shape index (κ2) is 4.22. The van der Waals surface area contributed by atoms with Gasteiger partial charge in [-0.25, -0.2) is 4.98 Å². The van der Waals surface area contributed by atoms with Gasteiger partial charge in [-0.05, 0) is 44.1 Å². The molecule has 0 saturated heterocycles. The first-order valence-electron chi connectivity index (χ1n) is 5.75. The fourth-order valence-corrected chi connectivity index (χ4v) is 3.74. The molecule has 1 saturated carbocycles. The summed E-state index contributed by atoms with van der Waals surface area (Å²) < 4.78 is 0. The third-order valence-electron chi connectivity index (χ3n) is 3.60. The Morgan fingerprint density at radius 1 is 1.67 bits per heavy atom. The van der Waals surface area contributed by atoms with E-state index in [1.54, 1.807) is 0 Å². The summed E-state index contributed by atoms with van der Waals surface area (Å²) in [6.45, 7) is 5.24. The molecule has 1 aliphatic rings. The Morgan fingerprint density at radius 3 is 2.93 bits per heavy atom. The van der Waals surface area contributed by atoms with Gasteiger partial charge in [0.25, 0.3) is 0 Å². The molecule has 1 aromatic heterocycles. The smallest absolute Gasteiger partial charge is 0.0896 e. The highest BCUT2D eigenvalue weighted by atomic mass is 32.1. The van der Waals surface area contributed by atoms with Gasteiger partial charge in [0.2, 0.25) is 0 Å². The lowest BCUT2D eigenvalue weighted by Gasteiger charge is -2.26. The van der Waals surface area contributed by atoms with Crippen molar-refractivity contribution in [2.75, 3.05) is 6.54 Å². The van der Waals surface area contributed by atoms with E-state index in [4.69, 9.17) is 5.73 Å². The molecule has 0 radical (unpaired) electrons. The molecule has 0 aromatic carbocycles. The van der Waals surface area contributed by atoms with Crippen LogP contribution in [0.2, 0.25) is 0 Å². The lowest BCUT2D eigenvalue weighted by molar-refractivity contribution is 0.297. The van der Waals surface area contributed by atoms with E-state index in [1.807, 2.05) is 17.5 Å². The zero-order valence-electron chi connectivity index (χ0n) is 9.62. The molecule has 0 bridgehead atoms. The number of hydrogen-bond donors (Lipinski definition) is 1. The zero-order valence-corrected chi connectivity index (χ0v) is 10.4. The van der Waals surface area contributed by atoms with Crippen molar-refractivity contribution < 1.29 is 0 Å². The molecule has 2 atom stereocenters. The van der Waals surface area contributed by atoms with Crippen LogP contribution < -0.4 is 5.73 Å². The van der Waals surface area contributed by atoms with Gasteiger partial charge in [-0.3, -0.25) is 0 Å². The topological polar surface area (TPSA) is 38.9 Å². The molecule has 84 valence electrons. The Morgan fingerprint density at radius 2 is 2.47 bits per heavy atom. The van der Waals surface area contributed by atoms with Crippen molar-refractivity contribution in [1.82, 2.24) is 4.98 Å². The van der Waals surface area contributed by atoms with Crippen LogP contribution in [0.5, 0.6) is 0 Å². The lowest BCUT2D eigenvalue weighted by Crippen LogP contribution is -2.29. The first-order chi connectivity index (χ1) is 7.13. The van der Waals surface area contributed by atoms with Gasteiger partial charge >= 0.3 is 0 Å². The normalized spacial score (nSPS) is 31.0. The molecule has 1 fully saturated rings. The van der Waals surface area contributed by atoms with Crippen molar-refractivity contribution in [3.8, 4) is 0 Å². The third-order valence-corrected chi connectivity index (χ3v) is 4.51. The Bertz CT molecular complexity index is 334. The number of aryl methyl sites for hydroxylation is 1. The first-order valence-corrected chi connectivity index (χ1v) is 6.57. The summed E-state index contributed by atoms with van der Waals surface area (Å²) in [5, 5.41) is 1.17. The summed E-state index contributed by atoms with van der Waals surface area (Å²) in [7, 11) is 0. The van der Waals surface area contributed by atoms with E-state index < -0.39 is 0 Å². The van der Waals surface area contributed by atoms with Crippen LogP contribution in [0.3, 0.4) is 0 Å². The summed E-state index contributed by atoms with van der Waals surface area (Å²) >= 11 is 1.82. The van der Waals surface area contributed by atoms with E-state index in [-0.39, 0.29) is 0 Å². The van der Waals surface area contributed by atoms with Crippen molar-refractivity contribution in [3.05, 3.63) is 16.1 Å². The molecule has 0 aliphatic heterocycles. The van der Waals surface area contributed by atoms with Crippen LogP contribution in [-0.2, 0) is 6.42 Å². The lowest BCUT2D eigenvalue weighted by atomic mass is 9.82. The van der Waals surface area contributed by atoms with Gasteiger partial charge in [-0.15, -0.1) is 11.3 Å². The van der Waals surface area contributed by atoms with Crippen LogP contribution in [0.1, 0.15) is 36.1 Å². The fourth-order valence-electron chi connectivity index (χ4n) is 2.77. The molecule has 1 aliphatic carbocycles. The predicted molar refractivity (Wildman–Crippen MR) is 65.1 cm³/mol. The number of aromatic nitrogens is 1. The van der Waals surface area contributed by atoms with Gasteiger partial charge in [-0.2, -0.15) is 0 Å². The number of rotatable bonds is 3. The predicted octanol–water partition coefficient (Wildman–Crippen LogP) is 2.76. The van der Waals surface area contributed by atoms with Gasteiger partial charge in [0.05, 0.1) is 5.01 Å². The quantitative estimate of drug-likeness (QED) is 0.857. The van der Waals surface area contributed by atoms with Gasteiger partial charge in [-0.1, -0.05) is 13.3 Å². The van der Waals surface area contributed by atoms with E-state index in [0.717, 1.165) is 18.9 Å². The summed E-state index contributed by atoms with van der Waals surface area (Å²) in [4.78, 5) is 5.73. The molecule has 2 nitrogen and oxygen atoms in total. The maximum Gasteiger partial charge on any atom is 0.0896 e. The minimum atomic E-state index is 0.373. The second-order valence-electron chi connectivity index (χ2n) is 5.07. The number of hydrogen-bond acceptors (Lipinski definition) is 3. The highest BCUT2D eigenvalue weighted by Crippen LogP contribution is 2.43. The minimum Gasteiger partial charge on any atom is -0.330 e. The SMILES string of the molecule is Cc1ncc(CC2(CN)CCC(C)C2)s1. The largest absolute Gasteiger partial charge is 0.330 e. The van der Waals surface area contributed by atoms with E-state index >= 15 is 0 Å². The average molecular weight is 224 g/mol. The van der Waals surface area contributed by atoms with Crippen molar-refractivity contribution in [2.45, 2.75) is 39.5 Å². The van der Waals surface area contributed by atoms with Gasteiger partial charge in [0.15, 0.2) is 0 Å². The molecule has 2 N–H and O–H groups in total. The Labute approximate surface area is 95.9 Å². The number of thiazole rings is 1. The number of nitrogens with two attached hydrogens (primary N) is 1. The van der Waals surface area contributed by atoms with Crippen molar-refractivity contribution in [2.24, 2.45) is 17.1 Å². The molecule has 0 spiro atoms. The van der Waals surface area contributed by atoms with E-state index in [1.165, 1.54) is 29.1 Å². The summed E-state index contributed by atoms with van der Waals surface area (Å²) in [6.07, 6.45) is 7.09. The molecular weight excluding hydrogens is 204 g/mol. The molecule has 1 heterocycles. The Balaban J connectivity index is 2.08. The highest BCUT2D eigenvalue weighted by Gasteiger charge is 2.36. The monoisotopic (exact) mass is 224 g/mol. The zero-order chi connectivity index (χ0) is 10.9. The maximum atomic E-state index is 5.97. The van der Waals surface area contributed by atoms with Crippen LogP contribution in [-0.4, -0.2) is 11.5 Å². The average Bonchev–Trinajstić information content (AvgIpc) is 2.75. The van der Waals surface area contributed by atoms with E-state index in [0.29, 0.717) is 5.41 Å².